The number of likely N-dealkylation sites (tertiary alicyclic amines) is 1. The molecule has 3 aromatic rings. The standard InChI is InChI=1S/C33H39F2N9O5/c1-32(2,3)49-31(45)44-10-8-27(33(34,35)20-44)48-26-17-38-24(15-21(26)16-36)23-7-9-37-30(39-23)41-28-6-5-25(29(40-28)46-4)43-13-11-42(12-14-43)22-18-47-19-22/h5-7,9,15,17,22,27H,8,10-14,18-20H2,1-4H3,(H,37,39,40,41). The van der Waals surface area contributed by atoms with Crippen LogP contribution >= 0.6 is 0 Å². The van der Waals surface area contributed by atoms with E-state index in [1.807, 2.05) is 18.2 Å². The van der Waals surface area contributed by atoms with Gasteiger partial charge in [0.2, 0.25) is 11.8 Å². The number of hydrogen-bond donors (Lipinski definition) is 1. The van der Waals surface area contributed by atoms with Crippen LogP contribution in [-0.2, 0) is 9.47 Å². The molecule has 1 atom stereocenters. The molecule has 0 spiro atoms. The zero-order valence-corrected chi connectivity index (χ0v) is 27.9. The highest BCUT2D eigenvalue weighted by molar-refractivity contribution is 5.68. The molecule has 0 radical (unpaired) electrons. The van der Waals surface area contributed by atoms with Crippen molar-refractivity contribution in [2.24, 2.45) is 0 Å². The summed E-state index contributed by atoms with van der Waals surface area (Å²) >= 11 is 0. The molecular formula is C33H39F2N9O5. The Labute approximate surface area is 283 Å². The van der Waals surface area contributed by atoms with Crippen molar-refractivity contribution in [1.29, 1.82) is 5.26 Å². The largest absolute Gasteiger partial charge is 0.481 e. The number of alkyl halides is 2. The van der Waals surface area contributed by atoms with Crippen LogP contribution in [0, 0.1) is 11.3 Å². The number of rotatable bonds is 8. The number of nitrogens with one attached hydrogen (secondary N) is 1. The van der Waals surface area contributed by atoms with Gasteiger partial charge in [-0.15, -0.1) is 0 Å². The monoisotopic (exact) mass is 679 g/mol. The second-order valence-corrected chi connectivity index (χ2v) is 13.1. The fourth-order valence-electron chi connectivity index (χ4n) is 5.80. The molecule has 1 unspecified atom stereocenters. The van der Waals surface area contributed by atoms with Crippen LogP contribution in [0.1, 0.15) is 32.8 Å². The number of carbonyl (C=O) groups excluding carboxylic acids is 1. The van der Waals surface area contributed by atoms with Gasteiger partial charge in [-0.25, -0.2) is 23.5 Å². The highest BCUT2D eigenvalue weighted by Gasteiger charge is 2.48. The van der Waals surface area contributed by atoms with Crippen LogP contribution in [0.15, 0.2) is 36.7 Å². The minimum Gasteiger partial charge on any atom is -0.481 e. The Morgan fingerprint density at radius 2 is 1.86 bits per heavy atom. The van der Waals surface area contributed by atoms with Gasteiger partial charge in [-0.1, -0.05) is 0 Å². The predicted octanol–water partition coefficient (Wildman–Crippen LogP) is 4.10. The van der Waals surface area contributed by atoms with E-state index < -0.39 is 30.3 Å². The first-order chi connectivity index (χ1) is 23.4. The third-order valence-electron chi connectivity index (χ3n) is 8.43. The molecule has 3 aromatic heterocycles. The normalized spacial score (nSPS) is 19.8. The van der Waals surface area contributed by atoms with Crippen LogP contribution in [0.4, 0.5) is 31.0 Å². The van der Waals surface area contributed by atoms with Crippen molar-refractivity contribution in [3.63, 3.8) is 0 Å². The maximum absolute atomic E-state index is 15.1. The number of halogens is 2. The average Bonchev–Trinajstić information content (AvgIpc) is 3.04. The first-order valence-corrected chi connectivity index (χ1v) is 16.1. The van der Waals surface area contributed by atoms with Crippen molar-refractivity contribution in [3.05, 3.63) is 42.2 Å². The molecule has 6 heterocycles. The van der Waals surface area contributed by atoms with Crippen molar-refractivity contribution in [2.75, 3.05) is 69.8 Å². The number of piperazine rings is 1. The fourth-order valence-corrected chi connectivity index (χ4v) is 5.80. The van der Waals surface area contributed by atoms with E-state index >= 15 is 8.78 Å². The van der Waals surface area contributed by atoms with E-state index in [-0.39, 0.29) is 30.2 Å². The molecule has 3 aliphatic heterocycles. The number of carbonyl (C=O) groups is 1. The number of piperidine rings is 1. The molecular weight excluding hydrogens is 640 g/mol. The summed E-state index contributed by atoms with van der Waals surface area (Å²) in [7, 11) is 1.58. The second-order valence-electron chi connectivity index (χ2n) is 13.1. The number of nitrogens with zero attached hydrogens (tertiary/aromatic N) is 8. The summed E-state index contributed by atoms with van der Waals surface area (Å²) in [5.74, 6) is -2.31. The number of amides is 1. The molecule has 0 aromatic carbocycles. The van der Waals surface area contributed by atoms with Gasteiger partial charge < -0.3 is 34.1 Å². The lowest BCUT2D eigenvalue weighted by atomic mass is 10.0. The molecule has 3 aliphatic rings. The summed E-state index contributed by atoms with van der Waals surface area (Å²) < 4.78 is 52.0. The number of methoxy groups -OCH3 is 1. The van der Waals surface area contributed by atoms with Crippen LogP contribution < -0.4 is 19.7 Å². The van der Waals surface area contributed by atoms with E-state index in [2.05, 4.69) is 35.1 Å². The fraction of sp³-hybridized carbons (Fsp3) is 0.515. The Morgan fingerprint density at radius 3 is 2.51 bits per heavy atom. The van der Waals surface area contributed by atoms with E-state index in [1.165, 1.54) is 18.5 Å². The third-order valence-corrected chi connectivity index (χ3v) is 8.43. The van der Waals surface area contributed by atoms with Crippen LogP contribution in [0.3, 0.4) is 0 Å². The first-order valence-electron chi connectivity index (χ1n) is 16.1. The Bertz CT molecular complexity index is 1700. The smallest absolute Gasteiger partial charge is 0.410 e. The van der Waals surface area contributed by atoms with Gasteiger partial charge in [-0.2, -0.15) is 10.2 Å². The van der Waals surface area contributed by atoms with E-state index in [1.54, 1.807) is 33.9 Å². The maximum Gasteiger partial charge on any atom is 0.410 e. The summed E-state index contributed by atoms with van der Waals surface area (Å²) in [6, 6.07) is 9.31. The molecule has 0 bridgehead atoms. The van der Waals surface area contributed by atoms with Gasteiger partial charge in [0, 0.05) is 45.3 Å². The number of ether oxygens (including phenoxy) is 4. The van der Waals surface area contributed by atoms with E-state index in [9.17, 15) is 10.1 Å². The Morgan fingerprint density at radius 1 is 1.08 bits per heavy atom. The Balaban J connectivity index is 1.11. The number of pyridine rings is 2. The molecule has 1 N–H and O–H groups in total. The molecule has 6 rings (SSSR count). The first kappa shape index (κ1) is 34.0. The molecule has 3 saturated heterocycles. The molecule has 14 nitrogen and oxygen atoms in total. The topological polar surface area (TPSA) is 151 Å². The molecule has 0 aliphatic carbocycles. The van der Waals surface area contributed by atoms with E-state index in [0.717, 1.165) is 50.0 Å². The summed E-state index contributed by atoms with van der Waals surface area (Å²) in [6.45, 7) is 9.32. The lowest BCUT2D eigenvalue weighted by molar-refractivity contribution is -0.137. The highest BCUT2D eigenvalue weighted by atomic mass is 19.3. The third kappa shape index (κ3) is 7.89. The van der Waals surface area contributed by atoms with Crippen LogP contribution in [0.25, 0.3) is 11.4 Å². The highest BCUT2D eigenvalue weighted by Crippen LogP contribution is 2.34. The number of aromatic nitrogens is 4. The van der Waals surface area contributed by atoms with Crippen molar-refractivity contribution >= 4 is 23.5 Å². The lowest BCUT2D eigenvalue weighted by Crippen LogP contribution is -2.56. The van der Waals surface area contributed by atoms with Gasteiger partial charge in [-0.05, 0) is 45.0 Å². The van der Waals surface area contributed by atoms with E-state index in [0.29, 0.717) is 29.1 Å². The summed E-state index contributed by atoms with van der Waals surface area (Å²) in [5.41, 5.74) is 0.790. The van der Waals surface area contributed by atoms with Crippen molar-refractivity contribution in [1.82, 2.24) is 29.7 Å². The molecule has 3 fully saturated rings. The lowest BCUT2D eigenvalue weighted by Gasteiger charge is -2.43. The predicted molar refractivity (Wildman–Crippen MR) is 174 cm³/mol. The minimum absolute atomic E-state index is 0.00680. The van der Waals surface area contributed by atoms with Crippen LogP contribution in [0.2, 0.25) is 0 Å². The Hall–Kier alpha value is -4.88. The van der Waals surface area contributed by atoms with Gasteiger partial charge in [0.1, 0.15) is 23.2 Å². The molecule has 1 amide bonds. The molecule has 49 heavy (non-hydrogen) atoms. The number of hydrogen-bond acceptors (Lipinski definition) is 13. The Kier molecular flexibility index (Phi) is 9.66. The minimum atomic E-state index is -3.39. The van der Waals surface area contributed by atoms with Crippen LogP contribution in [0.5, 0.6) is 11.6 Å². The van der Waals surface area contributed by atoms with Gasteiger partial charge in [0.25, 0.3) is 0 Å². The van der Waals surface area contributed by atoms with Gasteiger partial charge in [0.05, 0.1) is 56.1 Å². The van der Waals surface area contributed by atoms with Gasteiger partial charge in [-0.3, -0.25) is 9.88 Å². The summed E-state index contributed by atoms with van der Waals surface area (Å²) in [4.78, 5) is 35.8. The zero-order valence-electron chi connectivity index (χ0n) is 27.9. The van der Waals surface area contributed by atoms with Gasteiger partial charge in [0.15, 0.2) is 11.9 Å². The SMILES string of the molecule is COc1nc(Nc2nccc(-c3cc(C#N)c(OC4CCN(C(=O)OC(C)(C)C)CC4(F)F)cn3)n2)ccc1N1CCN(C2COC2)CC1. The molecule has 0 saturated carbocycles. The average molecular weight is 680 g/mol. The molecule has 260 valence electrons. The van der Waals surface area contributed by atoms with Gasteiger partial charge >= 0.3 is 12.0 Å². The summed E-state index contributed by atoms with van der Waals surface area (Å²) in [5, 5.41) is 12.9. The van der Waals surface area contributed by atoms with Crippen molar-refractivity contribution in [3.8, 4) is 29.1 Å². The second kappa shape index (κ2) is 13.9. The molecule has 16 heteroatoms. The number of anilines is 3. The van der Waals surface area contributed by atoms with Crippen molar-refractivity contribution in [2.45, 2.75) is 50.9 Å². The summed E-state index contributed by atoms with van der Waals surface area (Å²) in [6.07, 6.45) is 0.213. The van der Waals surface area contributed by atoms with Crippen molar-refractivity contribution < 1.29 is 32.5 Å². The maximum atomic E-state index is 15.1. The quantitative estimate of drug-likeness (QED) is 0.364. The van der Waals surface area contributed by atoms with Crippen LogP contribution in [-0.4, -0.2) is 119 Å². The van der Waals surface area contributed by atoms with E-state index in [4.69, 9.17) is 18.9 Å². The zero-order chi connectivity index (χ0) is 34.8. The number of nitriles is 1.